The molecule has 1 saturated heterocycles. The van der Waals surface area contributed by atoms with Crippen LogP contribution in [0.2, 0.25) is 0 Å². The van der Waals surface area contributed by atoms with Crippen molar-refractivity contribution < 1.29 is 9.26 Å². The van der Waals surface area contributed by atoms with Crippen LogP contribution in [0.25, 0.3) is 0 Å². The molecule has 1 aromatic heterocycles. The lowest BCUT2D eigenvalue weighted by Crippen LogP contribution is -2.45. The Morgan fingerprint density at radius 1 is 1.39 bits per heavy atom. The summed E-state index contributed by atoms with van der Waals surface area (Å²) in [5.41, 5.74) is 0.889. The molecule has 2 heterocycles. The molecule has 1 fully saturated rings. The number of nitrogens with zero attached hydrogens (tertiary/aromatic N) is 3. The number of halogens is 1. The zero-order valence-electron chi connectivity index (χ0n) is 10.8. The normalized spacial score (nSPS) is 18.3. The summed E-state index contributed by atoms with van der Waals surface area (Å²) in [5.74, 6) is 0.910. The van der Waals surface area contributed by atoms with E-state index in [1.54, 1.807) is 0 Å². The van der Waals surface area contributed by atoms with Crippen molar-refractivity contribution in [1.82, 2.24) is 15.0 Å². The molecule has 0 atom stereocenters. The SMILES string of the molecule is CN1CCN(CCOCc2cc(CI)on2)CC1. The number of hydrogen-bond donors (Lipinski definition) is 0. The lowest BCUT2D eigenvalue weighted by Gasteiger charge is -2.32. The molecule has 6 heteroatoms. The molecule has 18 heavy (non-hydrogen) atoms. The second kappa shape index (κ2) is 7.42. The Morgan fingerprint density at radius 3 is 2.83 bits per heavy atom. The number of piperazine rings is 1. The van der Waals surface area contributed by atoms with Crippen molar-refractivity contribution in [2.45, 2.75) is 11.0 Å². The van der Waals surface area contributed by atoms with Gasteiger partial charge in [-0.3, -0.25) is 4.90 Å². The lowest BCUT2D eigenvalue weighted by atomic mass is 10.3. The summed E-state index contributed by atoms with van der Waals surface area (Å²) in [6.45, 7) is 6.91. The molecule has 0 bridgehead atoms. The Bertz CT molecular complexity index is 351. The highest BCUT2D eigenvalue weighted by atomic mass is 127. The molecule has 5 nitrogen and oxygen atoms in total. The number of rotatable bonds is 6. The van der Waals surface area contributed by atoms with Gasteiger partial charge in [0.05, 0.1) is 17.6 Å². The molecule has 0 spiro atoms. The minimum absolute atomic E-state index is 0.549. The number of hydrogen-bond acceptors (Lipinski definition) is 5. The zero-order valence-corrected chi connectivity index (χ0v) is 12.9. The zero-order chi connectivity index (χ0) is 12.8. The summed E-state index contributed by atoms with van der Waals surface area (Å²) in [7, 11) is 2.17. The van der Waals surface area contributed by atoms with Crippen molar-refractivity contribution in [1.29, 1.82) is 0 Å². The third-order valence-corrected chi connectivity index (χ3v) is 3.89. The highest BCUT2D eigenvalue weighted by Crippen LogP contribution is 2.08. The van der Waals surface area contributed by atoms with Crippen LogP contribution in [0.15, 0.2) is 10.6 Å². The van der Waals surface area contributed by atoms with Crippen LogP contribution in [0.3, 0.4) is 0 Å². The molecule has 0 unspecified atom stereocenters. The van der Waals surface area contributed by atoms with E-state index in [0.717, 1.165) is 55.2 Å². The third-order valence-electron chi connectivity index (χ3n) is 3.14. The van der Waals surface area contributed by atoms with Crippen LogP contribution in [-0.4, -0.2) is 61.3 Å². The Kier molecular flexibility index (Phi) is 5.87. The first kappa shape index (κ1) is 14.2. The predicted molar refractivity (Wildman–Crippen MR) is 77.8 cm³/mol. The second-order valence-corrected chi connectivity index (χ2v) is 5.38. The van der Waals surface area contributed by atoms with E-state index in [1.807, 2.05) is 6.07 Å². The van der Waals surface area contributed by atoms with Crippen molar-refractivity contribution in [3.63, 3.8) is 0 Å². The Labute approximate surface area is 122 Å². The van der Waals surface area contributed by atoms with Gasteiger partial charge in [-0.15, -0.1) is 0 Å². The first-order valence-electron chi connectivity index (χ1n) is 6.27. The maximum absolute atomic E-state index is 5.63. The first-order valence-corrected chi connectivity index (χ1v) is 7.79. The van der Waals surface area contributed by atoms with Crippen molar-refractivity contribution in [3.05, 3.63) is 17.5 Å². The summed E-state index contributed by atoms with van der Waals surface area (Å²) < 4.78 is 11.6. The molecule has 102 valence electrons. The second-order valence-electron chi connectivity index (χ2n) is 4.62. The fraction of sp³-hybridized carbons (Fsp3) is 0.750. The van der Waals surface area contributed by atoms with E-state index in [9.17, 15) is 0 Å². The average Bonchev–Trinajstić information content (AvgIpc) is 2.85. The number of aromatic nitrogens is 1. The summed E-state index contributed by atoms with van der Waals surface area (Å²) in [5, 5.41) is 3.96. The maximum atomic E-state index is 5.63. The smallest absolute Gasteiger partial charge is 0.146 e. The number of ether oxygens (including phenoxy) is 1. The van der Waals surface area contributed by atoms with E-state index in [1.165, 1.54) is 0 Å². The van der Waals surface area contributed by atoms with Gasteiger partial charge >= 0.3 is 0 Å². The first-order chi connectivity index (χ1) is 8.78. The molecule has 2 rings (SSSR count). The maximum Gasteiger partial charge on any atom is 0.146 e. The summed E-state index contributed by atoms with van der Waals surface area (Å²) in [6, 6.07) is 1.96. The van der Waals surface area contributed by atoms with Crippen LogP contribution in [0.4, 0.5) is 0 Å². The van der Waals surface area contributed by atoms with E-state index >= 15 is 0 Å². The highest BCUT2D eigenvalue weighted by molar-refractivity contribution is 14.1. The number of alkyl halides is 1. The quantitative estimate of drug-likeness (QED) is 0.433. The van der Waals surface area contributed by atoms with Gasteiger partial charge in [0, 0.05) is 38.8 Å². The van der Waals surface area contributed by atoms with Crippen LogP contribution >= 0.6 is 22.6 Å². The van der Waals surface area contributed by atoms with Crippen LogP contribution in [0.1, 0.15) is 11.5 Å². The molecule has 1 aliphatic heterocycles. The van der Waals surface area contributed by atoms with Crippen molar-refractivity contribution in [2.24, 2.45) is 0 Å². The minimum Gasteiger partial charge on any atom is -0.374 e. The summed E-state index contributed by atoms with van der Waals surface area (Å²) in [6.07, 6.45) is 0. The van der Waals surface area contributed by atoms with E-state index in [0.29, 0.717) is 6.61 Å². The van der Waals surface area contributed by atoms with Crippen molar-refractivity contribution in [3.8, 4) is 0 Å². The van der Waals surface area contributed by atoms with Gasteiger partial charge in [-0.25, -0.2) is 0 Å². The summed E-state index contributed by atoms with van der Waals surface area (Å²) in [4.78, 5) is 4.80. The molecule has 0 radical (unpaired) electrons. The monoisotopic (exact) mass is 365 g/mol. The average molecular weight is 365 g/mol. The predicted octanol–water partition coefficient (Wildman–Crippen LogP) is 1.37. The number of likely N-dealkylation sites (N-methyl/N-ethyl adjacent to an activating group) is 1. The Hall–Kier alpha value is -0.180. The molecule has 0 aliphatic carbocycles. The topological polar surface area (TPSA) is 41.7 Å². The van der Waals surface area contributed by atoms with E-state index < -0.39 is 0 Å². The van der Waals surface area contributed by atoms with Crippen molar-refractivity contribution in [2.75, 3.05) is 46.4 Å². The van der Waals surface area contributed by atoms with E-state index in [4.69, 9.17) is 9.26 Å². The molecule has 0 aromatic carbocycles. The third kappa shape index (κ3) is 4.49. The van der Waals surface area contributed by atoms with Crippen LogP contribution in [-0.2, 0) is 15.8 Å². The van der Waals surface area contributed by atoms with Gasteiger partial charge in [0.2, 0.25) is 0 Å². The van der Waals surface area contributed by atoms with Crippen LogP contribution in [0.5, 0.6) is 0 Å². The molecule has 1 aromatic rings. The van der Waals surface area contributed by atoms with Gasteiger partial charge in [-0.2, -0.15) is 0 Å². The molecule has 0 amide bonds. The Morgan fingerprint density at radius 2 is 2.17 bits per heavy atom. The van der Waals surface area contributed by atoms with Gasteiger partial charge in [0.1, 0.15) is 11.5 Å². The lowest BCUT2D eigenvalue weighted by molar-refractivity contribution is 0.0713. The Balaban J connectivity index is 1.58. The van der Waals surface area contributed by atoms with Gasteiger partial charge < -0.3 is 14.2 Å². The molecule has 1 aliphatic rings. The molecular formula is C12H20IN3O2. The molecule has 0 saturated carbocycles. The summed E-state index contributed by atoms with van der Waals surface area (Å²) >= 11 is 2.26. The van der Waals surface area contributed by atoms with Crippen LogP contribution in [0, 0.1) is 0 Å². The van der Waals surface area contributed by atoms with E-state index in [2.05, 4.69) is 44.6 Å². The van der Waals surface area contributed by atoms with E-state index in [-0.39, 0.29) is 0 Å². The largest absolute Gasteiger partial charge is 0.374 e. The van der Waals surface area contributed by atoms with Gasteiger partial charge in [0.15, 0.2) is 0 Å². The highest BCUT2D eigenvalue weighted by Gasteiger charge is 2.13. The molecule has 0 N–H and O–H groups in total. The van der Waals surface area contributed by atoms with Crippen LogP contribution < -0.4 is 0 Å². The fourth-order valence-corrected chi connectivity index (χ4v) is 2.29. The van der Waals surface area contributed by atoms with Gasteiger partial charge in [-0.1, -0.05) is 27.7 Å². The minimum atomic E-state index is 0.549. The molecular weight excluding hydrogens is 345 g/mol. The van der Waals surface area contributed by atoms with Gasteiger partial charge in [0.25, 0.3) is 0 Å². The fourth-order valence-electron chi connectivity index (χ4n) is 1.93. The van der Waals surface area contributed by atoms with Gasteiger partial charge in [-0.05, 0) is 7.05 Å². The van der Waals surface area contributed by atoms with Crippen molar-refractivity contribution >= 4 is 22.6 Å². The standard InChI is InChI=1S/C12H20IN3O2/c1-15-2-4-16(5-3-15)6-7-17-10-11-8-12(9-13)18-14-11/h8H,2-7,9-10H2,1H3.